The molecule has 1 aromatic rings. The number of rotatable bonds is 9. The molecule has 0 saturated carbocycles. The van der Waals surface area contributed by atoms with Crippen LogP contribution in [-0.2, 0) is 14.3 Å². The number of alkyl carbamates (subject to hydrolysis) is 1. The van der Waals surface area contributed by atoms with Gasteiger partial charge in [-0.3, -0.25) is 9.79 Å². The molecule has 2 heterocycles. The van der Waals surface area contributed by atoms with E-state index in [-0.39, 0.29) is 36.7 Å². The van der Waals surface area contributed by atoms with Gasteiger partial charge >= 0.3 is 12.1 Å². The van der Waals surface area contributed by atoms with Gasteiger partial charge in [-0.25, -0.2) is 9.59 Å². The van der Waals surface area contributed by atoms with Gasteiger partial charge in [-0.05, 0) is 30.5 Å². The van der Waals surface area contributed by atoms with Crippen molar-refractivity contribution in [2.75, 3.05) is 56.1 Å². The Morgan fingerprint density at radius 2 is 1.92 bits per heavy atom. The highest BCUT2D eigenvalue weighted by atomic mass is 16.5. The molecular formula is C26H40N6O5. The van der Waals surface area contributed by atoms with Crippen LogP contribution in [0.4, 0.5) is 16.2 Å². The summed E-state index contributed by atoms with van der Waals surface area (Å²) >= 11 is 0. The van der Waals surface area contributed by atoms with E-state index >= 15 is 0 Å². The van der Waals surface area contributed by atoms with Crippen LogP contribution < -0.4 is 20.9 Å². The third-order valence-electron chi connectivity index (χ3n) is 6.29. The molecule has 4 N–H and O–H groups in total. The Balaban J connectivity index is 1.46. The summed E-state index contributed by atoms with van der Waals surface area (Å²) in [5.41, 5.74) is 2.15. The highest BCUT2D eigenvalue weighted by Gasteiger charge is 2.26. The fourth-order valence-corrected chi connectivity index (χ4v) is 4.05. The molecule has 0 aliphatic carbocycles. The second-order valence-corrected chi connectivity index (χ2v) is 10.8. The molecule has 37 heavy (non-hydrogen) atoms. The number of piperazine rings is 1. The van der Waals surface area contributed by atoms with Crippen LogP contribution in [0.1, 0.15) is 40.5 Å². The molecule has 3 rings (SSSR count). The first-order valence-corrected chi connectivity index (χ1v) is 12.9. The van der Waals surface area contributed by atoms with Crippen molar-refractivity contribution in [3.63, 3.8) is 0 Å². The molecular weight excluding hydrogens is 476 g/mol. The van der Waals surface area contributed by atoms with Gasteiger partial charge in [-0.1, -0.05) is 33.8 Å². The van der Waals surface area contributed by atoms with Crippen molar-refractivity contribution in [1.82, 2.24) is 15.5 Å². The average Bonchev–Trinajstić information content (AvgIpc) is 2.86. The van der Waals surface area contributed by atoms with Gasteiger partial charge in [0.25, 0.3) is 0 Å². The van der Waals surface area contributed by atoms with Gasteiger partial charge in [0.2, 0.25) is 5.91 Å². The lowest BCUT2D eigenvalue weighted by Crippen LogP contribution is -2.49. The van der Waals surface area contributed by atoms with Gasteiger partial charge in [-0.2, -0.15) is 0 Å². The minimum Gasteiger partial charge on any atom is -0.480 e. The fourth-order valence-electron chi connectivity index (χ4n) is 4.05. The molecule has 1 saturated heterocycles. The zero-order valence-corrected chi connectivity index (χ0v) is 22.2. The summed E-state index contributed by atoms with van der Waals surface area (Å²) in [7, 11) is 0. The van der Waals surface area contributed by atoms with Crippen LogP contribution in [0.5, 0.6) is 0 Å². The summed E-state index contributed by atoms with van der Waals surface area (Å²) in [5, 5.41) is 18.4. The van der Waals surface area contributed by atoms with Crippen molar-refractivity contribution in [2.45, 2.75) is 46.6 Å². The number of benzene rings is 1. The van der Waals surface area contributed by atoms with Crippen molar-refractivity contribution in [3.05, 3.63) is 24.3 Å². The Bertz CT molecular complexity index is 987. The molecule has 1 fully saturated rings. The number of aliphatic carboxylic acids is 1. The average molecular weight is 517 g/mol. The third kappa shape index (κ3) is 8.83. The zero-order chi connectivity index (χ0) is 27.0. The fraction of sp³-hybridized carbons (Fsp3) is 0.615. The van der Waals surface area contributed by atoms with E-state index in [1.807, 2.05) is 32.0 Å². The van der Waals surface area contributed by atoms with Gasteiger partial charge in [0.15, 0.2) is 5.96 Å². The lowest BCUT2D eigenvalue weighted by molar-refractivity contribution is -0.140. The first-order chi connectivity index (χ1) is 17.5. The topological polar surface area (TPSA) is 136 Å². The van der Waals surface area contributed by atoms with E-state index in [4.69, 9.17) is 4.74 Å². The normalized spacial score (nSPS) is 17.9. The molecule has 1 atom stereocenters. The summed E-state index contributed by atoms with van der Waals surface area (Å²) in [4.78, 5) is 44.6. The number of aliphatic imine (C=N–C) groups is 1. The summed E-state index contributed by atoms with van der Waals surface area (Å²) in [6.45, 7) is 12.4. The third-order valence-corrected chi connectivity index (χ3v) is 6.29. The van der Waals surface area contributed by atoms with Crippen LogP contribution in [0.15, 0.2) is 29.3 Å². The smallest absolute Gasteiger partial charge is 0.407 e. The van der Waals surface area contributed by atoms with E-state index in [0.29, 0.717) is 26.2 Å². The highest BCUT2D eigenvalue weighted by molar-refractivity contribution is 5.94. The van der Waals surface area contributed by atoms with E-state index < -0.39 is 18.1 Å². The minimum atomic E-state index is -1.19. The molecule has 0 aromatic heterocycles. The van der Waals surface area contributed by atoms with Crippen molar-refractivity contribution < 1.29 is 24.2 Å². The second kappa shape index (κ2) is 12.6. The number of ether oxygens (including phenoxy) is 1. The van der Waals surface area contributed by atoms with Crippen LogP contribution in [-0.4, -0.2) is 85.9 Å². The van der Waals surface area contributed by atoms with Gasteiger partial charge < -0.3 is 35.6 Å². The molecule has 0 unspecified atom stereocenters. The Labute approximate surface area is 218 Å². The van der Waals surface area contributed by atoms with Crippen molar-refractivity contribution >= 4 is 35.3 Å². The van der Waals surface area contributed by atoms with E-state index in [1.165, 1.54) is 0 Å². The summed E-state index contributed by atoms with van der Waals surface area (Å²) in [5.74, 6) is -0.396. The van der Waals surface area contributed by atoms with Crippen LogP contribution in [0.3, 0.4) is 0 Å². The van der Waals surface area contributed by atoms with Crippen LogP contribution in [0.25, 0.3) is 0 Å². The molecule has 0 bridgehead atoms. The SMILES string of the molecule is CC(C)COC(=O)N[C@@H](CCC(=O)N1CCN(c2cccc(NC3=NCC(C)(C)CN3)c2)CC1)C(=O)O. The number of carboxylic acids is 1. The Morgan fingerprint density at radius 3 is 2.54 bits per heavy atom. The van der Waals surface area contributed by atoms with Gasteiger partial charge in [-0.15, -0.1) is 0 Å². The Morgan fingerprint density at radius 1 is 1.19 bits per heavy atom. The zero-order valence-electron chi connectivity index (χ0n) is 22.2. The first kappa shape index (κ1) is 28.1. The van der Waals surface area contributed by atoms with Crippen molar-refractivity contribution in [3.8, 4) is 0 Å². The maximum Gasteiger partial charge on any atom is 0.407 e. The minimum absolute atomic E-state index is 0.00792. The number of anilines is 2. The molecule has 1 aromatic carbocycles. The molecule has 2 aliphatic rings. The number of carboxylic acid groups (broad SMARTS) is 1. The van der Waals surface area contributed by atoms with Crippen LogP contribution >= 0.6 is 0 Å². The van der Waals surface area contributed by atoms with Gasteiger partial charge in [0.1, 0.15) is 6.04 Å². The second-order valence-electron chi connectivity index (χ2n) is 10.8. The van der Waals surface area contributed by atoms with E-state index in [9.17, 15) is 19.5 Å². The number of carbonyl (C=O) groups is 3. The van der Waals surface area contributed by atoms with Crippen molar-refractivity contribution in [2.24, 2.45) is 16.3 Å². The van der Waals surface area contributed by atoms with E-state index in [0.717, 1.165) is 30.4 Å². The summed E-state index contributed by atoms with van der Waals surface area (Å²) in [6.07, 6.45) is -0.741. The molecule has 0 radical (unpaired) electrons. The molecule has 11 nitrogen and oxygen atoms in total. The maximum atomic E-state index is 12.7. The number of hydrogen-bond donors (Lipinski definition) is 4. The Kier molecular flexibility index (Phi) is 9.60. The quantitative estimate of drug-likeness (QED) is 0.393. The van der Waals surface area contributed by atoms with Crippen molar-refractivity contribution in [1.29, 1.82) is 0 Å². The van der Waals surface area contributed by atoms with Crippen LogP contribution in [0, 0.1) is 11.3 Å². The number of nitrogens with zero attached hydrogens (tertiary/aromatic N) is 3. The molecule has 2 aliphatic heterocycles. The number of nitrogens with one attached hydrogen (secondary N) is 3. The first-order valence-electron chi connectivity index (χ1n) is 12.9. The molecule has 0 spiro atoms. The lowest BCUT2D eigenvalue weighted by Gasteiger charge is -2.36. The number of carbonyl (C=O) groups excluding carboxylic acids is 2. The standard InChI is InChI=1S/C26H40N6O5/c1-18(2)15-37-25(36)30-21(23(34)35)8-9-22(33)32-12-10-31(11-13-32)20-7-5-6-19(14-20)29-24-27-16-26(3,4)17-28-24/h5-7,14,18,21H,8-13,15-17H2,1-4H3,(H,30,36)(H,34,35)(H2,27,28,29)/t21-/m0/s1. The predicted octanol–water partition coefficient (Wildman–Crippen LogP) is 2.35. The van der Waals surface area contributed by atoms with E-state index in [1.54, 1.807) is 4.90 Å². The molecule has 11 heteroatoms. The molecule has 2 amide bonds. The highest BCUT2D eigenvalue weighted by Crippen LogP contribution is 2.22. The molecule has 204 valence electrons. The number of amides is 2. The summed E-state index contributed by atoms with van der Waals surface area (Å²) in [6, 6.07) is 6.94. The maximum absolute atomic E-state index is 12.7. The van der Waals surface area contributed by atoms with Gasteiger partial charge in [0, 0.05) is 62.5 Å². The summed E-state index contributed by atoms with van der Waals surface area (Å²) < 4.78 is 4.99. The largest absolute Gasteiger partial charge is 0.480 e. The number of hydrogen-bond acceptors (Lipinski definition) is 8. The number of guanidine groups is 1. The predicted molar refractivity (Wildman–Crippen MR) is 143 cm³/mol. The van der Waals surface area contributed by atoms with E-state index in [2.05, 4.69) is 45.8 Å². The van der Waals surface area contributed by atoms with Crippen LogP contribution in [0.2, 0.25) is 0 Å². The Hall–Kier alpha value is -3.50. The van der Waals surface area contributed by atoms with Gasteiger partial charge in [0.05, 0.1) is 6.61 Å². The lowest BCUT2D eigenvalue weighted by atomic mass is 9.93. The monoisotopic (exact) mass is 516 g/mol.